The predicted octanol–water partition coefficient (Wildman–Crippen LogP) is 3.61. The Kier molecular flexibility index (Phi) is 8.77. The number of anilines is 1. The third-order valence-corrected chi connectivity index (χ3v) is 6.78. The number of nitrogens with one attached hydrogen (secondary N) is 2. The molecule has 0 bridgehead atoms. The Hall–Kier alpha value is -3.86. The van der Waals surface area contributed by atoms with Crippen LogP contribution in [-0.2, 0) is 9.47 Å². The summed E-state index contributed by atoms with van der Waals surface area (Å²) in [5.41, 5.74) is 0.767. The van der Waals surface area contributed by atoms with Crippen LogP contribution < -0.4 is 15.5 Å². The average Bonchev–Trinajstić information content (AvgIpc) is 2.87. The Balaban J connectivity index is 1.39. The molecule has 0 atom stereocenters. The molecule has 2 aromatic carbocycles. The van der Waals surface area contributed by atoms with Crippen molar-refractivity contribution in [1.82, 2.24) is 20.4 Å². The summed E-state index contributed by atoms with van der Waals surface area (Å²) in [5.74, 6) is -0.753. The van der Waals surface area contributed by atoms with Crippen molar-refractivity contribution >= 4 is 40.5 Å². The first-order valence-corrected chi connectivity index (χ1v) is 14.1. The molecule has 4 rings (SSSR count). The second-order valence-corrected chi connectivity index (χ2v) is 12.3. The molecule has 2 N–H and O–H groups in total. The summed E-state index contributed by atoms with van der Waals surface area (Å²) in [5, 5.41) is 6.96. The summed E-state index contributed by atoms with van der Waals surface area (Å²) in [6.45, 7) is 15.3. The Morgan fingerprint density at radius 1 is 0.756 bits per heavy atom. The number of amides is 4. The van der Waals surface area contributed by atoms with E-state index in [1.54, 1.807) is 32.9 Å². The monoisotopic (exact) mass is 567 g/mol. The van der Waals surface area contributed by atoms with Crippen LogP contribution in [0.5, 0.6) is 0 Å². The summed E-state index contributed by atoms with van der Waals surface area (Å²) >= 11 is 0. The van der Waals surface area contributed by atoms with Gasteiger partial charge in [0.15, 0.2) is 0 Å². The molecule has 1 saturated heterocycles. The average molecular weight is 568 g/mol. The lowest BCUT2D eigenvalue weighted by atomic mass is 9.92. The van der Waals surface area contributed by atoms with Crippen LogP contribution >= 0.6 is 0 Å². The molecule has 1 fully saturated rings. The van der Waals surface area contributed by atoms with Crippen LogP contribution in [0.1, 0.15) is 62.3 Å². The summed E-state index contributed by atoms with van der Waals surface area (Å²) < 4.78 is 10.5. The fourth-order valence-electron chi connectivity index (χ4n) is 5.04. The molecule has 11 heteroatoms. The van der Waals surface area contributed by atoms with Crippen molar-refractivity contribution in [2.45, 2.75) is 52.7 Å². The summed E-state index contributed by atoms with van der Waals surface area (Å²) in [7, 11) is 0. The van der Waals surface area contributed by atoms with E-state index in [9.17, 15) is 19.2 Å². The maximum absolute atomic E-state index is 13.4. The van der Waals surface area contributed by atoms with E-state index >= 15 is 0 Å². The lowest BCUT2D eigenvalue weighted by Gasteiger charge is -2.37. The first-order valence-electron chi connectivity index (χ1n) is 14.1. The third-order valence-electron chi connectivity index (χ3n) is 6.78. The lowest BCUT2D eigenvalue weighted by Crippen LogP contribution is -2.49. The van der Waals surface area contributed by atoms with Gasteiger partial charge in [-0.3, -0.25) is 19.4 Å². The van der Waals surface area contributed by atoms with Crippen molar-refractivity contribution in [2.75, 3.05) is 57.3 Å². The quantitative estimate of drug-likeness (QED) is 0.487. The number of carbonyl (C=O) groups is 4. The zero-order valence-electron chi connectivity index (χ0n) is 24.8. The number of hydrogen-bond donors (Lipinski definition) is 2. The molecular formula is C30H41N5O6. The maximum atomic E-state index is 13.4. The minimum atomic E-state index is -0.640. The van der Waals surface area contributed by atoms with Crippen LogP contribution in [0, 0.1) is 0 Å². The predicted molar refractivity (Wildman–Crippen MR) is 156 cm³/mol. The number of rotatable bonds is 7. The number of imide groups is 1. The van der Waals surface area contributed by atoms with E-state index < -0.39 is 23.4 Å². The number of piperazine rings is 1. The van der Waals surface area contributed by atoms with E-state index in [2.05, 4.69) is 20.4 Å². The number of benzene rings is 2. The van der Waals surface area contributed by atoms with Gasteiger partial charge in [0, 0.05) is 79.9 Å². The van der Waals surface area contributed by atoms with Gasteiger partial charge < -0.3 is 25.0 Å². The van der Waals surface area contributed by atoms with E-state index in [1.807, 2.05) is 39.0 Å². The second kappa shape index (κ2) is 11.9. The third kappa shape index (κ3) is 7.46. The molecule has 2 aliphatic heterocycles. The number of ether oxygens (including phenoxy) is 2. The first-order chi connectivity index (χ1) is 19.2. The van der Waals surface area contributed by atoms with Crippen molar-refractivity contribution in [3.05, 3.63) is 41.5 Å². The largest absolute Gasteiger partial charge is 0.444 e. The van der Waals surface area contributed by atoms with Gasteiger partial charge in [-0.25, -0.2) is 9.59 Å². The number of alkyl carbamates (subject to hydrolysis) is 2. The summed E-state index contributed by atoms with van der Waals surface area (Å²) in [6, 6.07) is 9.28. The van der Waals surface area contributed by atoms with Gasteiger partial charge in [0.25, 0.3) is 11.8 Å². The molecule has 0 aromatic heterocycles. The van der Waals surface area contributed by atoms with Crippen molar-refractivity contribution in [2.24, 2.45) is 0 Å². The molecule has 222 valence electrons. The lowest BCUT2D eigenvalue weighted by molar-refractivity contribution is 0.0496. The summed E-state index contributed by atoms with van der Waals surface area (Å²) in [6.07, 6.45) is -1.01. The molecule has 2 aromatic rings. The number of nitrogens with zero attached hydrogens (tertiary/aromatic N) is 3. The van der Waals surface area contributed by atoms with Crippen molar-refractivity contribution in [3.8, 4) is 0 Å². The van der Waals surface area contributed by atoms with Crippen molar-refractivity contribution in [3.63, 3.8) is 0 Å². The van der Waals surface area contributed by atoms with Crippen LogP contribution in [0.4, 0.5) is 15.3 Å². The molecule has 4 amide bonds. The second-order valence-electron chi connectivity index (χ2n) is 12.3. The van der Waals surface area contributed by atoms with Crippen LogP contribution in [-0.4, -0.2) is 97.4 Å². The number of carbonyl (C=O) groups excluding carboxylic acids is 4. The SMILES string of the molecule is CC(C)(C)OC(=O)NCCN1CCN(c2ccc3c4c(cccc24)C(=O)N(CCNC(=O)OC(C)(C)C)C3=O)CC1. The van der Waals surface area contributed by atoms with E-state index in [4.69, 9.17) is 9.47 Å². The van der Waals surface area contributed by atoms with Gasteiger partial charge in [-0.05, 0) is 59.7 Å². The maximum Gasteiger partial charge on any atom is 0.407 e. The molecule has 0 aliphatic carbocycles. The van der Waals surface area contributed by atoms with E-state index in [0.717, 1.165) is 43.8 Å². The van der Waals surface area contributed by atoms with Crippen molar-refractivity contribution in [1.29, 1.82) is 0 Å². The van der Waals surface area contributed by atoms with Gasteiger partial charge in [0.1, 0.15) is 11.2 Å². The Morgan fingerprint density at radius 2 is 1.29 bits per heavy atom. The van der Waals surface area contributed by atoms with Crippen LogP contribution in [0.15, 0.2) is 30.3 Å². The van der Waals surface area contributed by atoms with E-state index in [-0.39, 0.29) is 24.9 Å². The minimum Gasteiger partial charge on any atom is -0.444 e. The highest BCUT2D eigenvalue weighted by Gasteiger charge is 2.34. The van der Waals surface area contributed by atoms with Gasteiger partial charge in [-0.15, -0.1) is 0 Å². The van der Waals surface area contributed by atoms with E-state index in [1.165, 1.54) is 4.90 Å². The zero-order valence-corrected chi connectivity index (χ0v) is 24.8. The molecule has 0 unspecified atom stereocenters. The van der Waals surface area contributed by atoms with Gasteiger partial charge in [-0.1, -0.05) is 12.1 Å². The van der Waals surface area contributed by atoms with E-state index in [0.29, 0.717) is 23.1 Å². The smallest absolute Gasteiger partial charge is 0.407 e. The van der Waals surface area contributed by atoms with Gasteiger partial charge in [0.2, 0.25) is 0 Å². The molecular weight excluding hydrogens is 526 g/mol. The van der Waals surface area contributed by atoms with Crippen LogP contribution in [0.3, 0.4) is 0 Å². The minimum absolute atomic E-state index is 0.0409. The van der Waals surface area contributed by atoms with Gasteiger partial charge in [0.05, 0.1) is 0 Å². The molecule has 41 heavy (non-hydrogen) atoms. The molecule has 0 spiro atoms. The fourth-order valence-corrected chi connectivity index (χ4v) is 5.04. The normalized spacial score (nSPS) is 16.1. The zero-order chi connectivity index (χ0) is 29.9. The number of hydrogen-bond acceptors (Lipinski definition) is 8. The Morgan fingerprint density at radius 3 is 1.85 bits per heavy atom. The topological polar surface area (TPSA) is 121 Å². The van der Waals surface area contributed by atoms with Gasteiger partial charge in [-0.2, -0.15) is 0 Å². The molecule has 2 heterocycles. The standard InChI is InChI=1S/C30H41N5O6/c1-29(2,3)40-27(38)31-12-14-33-16-18-34(19-17-33)23-11-10-22-24-20(23)8-7-9-21(24)25(36)35(26(22)37)15-13-32-28(39)41-30(4,5)6/h7-11H,12-19H2,1-6H3,(H,31,38)(H,32,39). The van der Waals surface area contributed by atoms with Gasteiger partial charge >= 0.3 is 12.2 Å². The van der Waals surface area contributed by atoms with Crippen molar-refractivity contribution < 1.29 is 28.7 Å². The van der Waals surface area contributed by atoms with Crippen LogP contribution in [0.25, 0.3) is 10.8 Å². The highest BCUT2D eigenvalue weighted by Crippen LogP contribution is 2.36. The Bertz CT molecular complexity index is 1300. The molecule has 2 aliphatic rings. The summed E-state index contributed by atoms with van der Waals surface area (Å²) in [4.78, 5) is 56.4. The molecule has 11 nitrogen and oxygen atoms in total. The fraction of sp³-hybridized carbons (Fsp3) is 0.533. The van der Waals surface area contributed by atoms with Crippen LogP contribution in [0.2, 0.25) is 0 Å². The first kappa shape index (κ1) is 30.1. The highest BCUT2D eigenvalue weighted by atomic mass is 16.6. The molecule has 0 saturated carbocycles. The highest BCUT2D eigenvalue weighted by molar-refractivity contribution is 6.26. The molecule has 0 radical (unpaired) electrons. The Labute approximate surface area is 241 Å².